The molecule has 2 aliphatic heterocycles. The Morgan fingerprint density at radius 2 is 2.33 bits per heavy atom. The third-order valence-corrected chi connectivity index (χ3v) is 5.31. The number of hydrogen-bond acceptors (Lipinski definition) is 5. The van der Waals surface area contributed by atoms with Gasteiger partial charge in [-0.2, -0.15) is 0 Å². The molecule has 5 nitrogen and oxygen atoms in total. The van der Waals surface area contributed by atoms with E-state index in [1.807, 2.05) is 12.1 Å². The van der Waals surface area contributed by atoms with Crippen LogP contribution in [0.25, 0.3) is 10.4 Å². The normalized spacial score (nSPS) is 27.0. The quantitative estimate of drug-likeness (QED) is 0.907. The molecule has 21 heavy (non-hydrogen) atoms. The van der Waals surface area contributed by atoms with Crippen molar-refractivity contribution >= 4 is 17.2 Å². The number of hydrogen-bond donors (Lipinski definition) is 2. The SMILES string of the molecule is O=C(N[C@@H]1C[C@H]2CC[C@@H]1N2)c1ncc(-c2cccnc2)s1. The number of carbonyl (C=O) groups is 1. The molecule has 0 aliphatic carbocycles. The third-order valence-electron chi connectivity index (χ3n) is 4.26. The predicted octanol–water partition coefficient (Wildman–Crippen LogP) is 1.83. The Balaban J connectivity index is 1.47. The van der Waals surface area contributed by atoms with E-state index < -0.39 is 0 Å². The van der Waals surface area contributed by atoms with Crippen molar-refractivity contribution in [3.8, 4) is 10.4 Å². The standard InChI is InChI=1S/C15H16N4OS/c20-14(19-12-6-10-3-4-11(12)18-10)15-17-8-13(21-15)9-2-1-5-16-7-9/h1-2,5,7-8,10-12,18H,3-4,6H2,(H,19,20)/t10-,11+,12-/m1/s1. The Morgan fingerprint density at radius 1 is 1.38 bits per heavy atom. The van der Waals surface area contributed by atoms with E-state index in [1.165, 1.54) is 17.8 Å². The van der Waals surface area contributed by atoms with E-state index in [0.717, 1.165) is 23.3 Å². The number of thiazole rings is 1. The zero-order valence-corrected chi connectivity index (χ0v) is 12.3. The van der Waals surface area contributed by atoms with Crippen molar-refractivity contribution in [3.63, 3.8) is 0 Å². The lowest BCUT2D eigenvalue weighted by Gasteiger charge is -2.20. The van der Waals surface area contributed by atoms with Crippen LogP contribution in [-0.4, -0.2) is 34.0 Å². The zero-order chi connectivity index (χ0) is 14.2. The number of amides is 1. The Labute approximate surface area is 126 Å². The predicted molar refractivity (Wildman–Crippen MR) is 81.2 cm³/mol. The van der Waals surface area contributed by atoms with Crippen molar-refractivity contribution in [1.82, 2.24) is 20.6 Å². The summed E-state index contributed by atoms with van der Waals surface area (Å²) in [6, 6.07) is 5.14. The summed E-state index contributed by atoms with van der Waals surface area (Å²) in [6.07, 6.45) is 8.70. The number of rotatable bonds is 3. The van der Waals surface area contributed by atoms with E-state index in [1.54, 1.807) is 18.6 Å². The third kappa shape index (κ3) is 2.45. The highest BCUT2D eigenvalue weighted by atomic mass is 32.1. The minimum atomic E-state index is -0.0607. The van der Waals surface area contributed by atoms with E-state index in [4.69, 9.17) is 0 Å². The lowest BCUT2D eigenvalue weighted by atomic mass is 9.95. The zero-order valence-electron chi connectivity index (χ0n) is 11.5. The van der Waals surface area contributed by atoms with Crippen LogP contribution in [0.1, 0.15) is 29.1 Å². The van der Waals surface area contributed by atoms with E-state index >= 15 is 0 Å². The fraction of sp³-hybridized carbons (Fsp3) is 0.400. The second-order valence-electron chi connectivity index (χ2n) is 5.63. The van der Waals surface area contributed by atoms with Gasteiger partial charge in [0.2, 0.25) is 0 Å². The first-order valence-corrected chi connectivity index (χ1v) is 8.04. The van der Waals surface area contributed by atoms with Crippen LogP contribution >= 0.6 is 11.3 Å². The molecule has 2 bridgehead atoms. The maximum Gasteiger partial charge on any atom is 0.280 e. The van der Waals surface area contributed by atoms with Crippen molar-refractivity contribution in [2.75, 3.05) is 0 Å². The van der Waals surface area contributed by atoms with Crippen LogP contribution < -0.4 is 10.6 Å². The molecule has 3 atom stereocenters. The van der Waals surface area contributed by atoms with Crippen LogP contribution in [0.3, 0.4) is 0 Å². The lowest BCUT2D eigenvalue weighted by Crippen LogP contribution is -2.42. The second-order valence-corrected chi connectivity index (χ2v) is 6.67. The van der Waals surface area contributed by atoms with Gasteiger partial charge >= 0.3 is 0 Å². The van der Waals surface area contributed by atoms with Crippen LogP contribution in [0.2, 0.25) is 0 Å². The minimum Gasteiger partial charge on any atom is -0.346 e. The fourth-order valence-corrected chi connectivity index (χ4v) is 4.04. The van der Waals surface area contributed by atoms with Crippen molar-refractivity contribution in [2.24, 2.45) is 0 Å². The van der Waals surface area contributed by atoms with Crippen LogP contribution in [0, 0.1) is 0 Å². The molecule has 6 heteroatoms. The largest absolute Gasteiger partial charge is 0.346 e. The van der Waals surface area contributed by atoms with Crippen LogP contribution in [0.15, 0.2) is 30.7 Å². The summed E-state index contributed by atoms with van der Waals surface area (Å²) in [6.45, 7) is 0. The summed E-state index contributed by atoms with van der Waals surface area (Å²) in [5.74, 6) is -0.0607. The van der Waals surface area contributed by atoms with Gasteiger partial charge < -0.3 is 10.6 Å². The van der Waals surface area contributed by atoms with Gasteiger partial charge in [0.05, 0.1) is 4.88 Å². The van der Waals surface area contributed by atoms with Gasteiger partial charge in [-0.25, -0.2) is 4.98 Å². The number of carbonyl (C=O) groups excluding carboxylic acids is 1. The molecule has 0 unspecified atom stereocenters. The Hall–Kier alpha value is -1.79. The number of aromatic nitrogens is 2. The smallest absolute Gasteiger partial charge is 0.280 e. The molecule has 4 heterocycles. The van der Waals surface area contributed by atoms with Gasteiger partial charge in [0, 0.05) is 42.3 Å². The minimum absolute atomic E-state index is 0.0607. The molecule has 4 rings (SSSR count). The summed E-state index contributed by atoms with van der Waals surface area (Å²) in [7, 11) is 0. The Kier molecular flexibility index (Phi) is 3.20. The molecular formula is C15H16N4OS. The van der Waals surface area contributed by atoms with Gasteiger partial charge in [0.1, 0.15) is 0 Å². The van der Waals surface area contributed by atoms with Crippen molar-refractivity contribution in [2.45, 2.75) is 37.4 Å². The first-order chi connectivity index (χ1) is 10.3. The molecule has 0 saturated carbocycles. The summed E-state index contributed by atoms with van der Waals surface area (Å²) in [4.78, 5) is 21.6. The highest BCUT2D eigenvalue weighted by Crippen LogP contribution is 2.29. The van der Waals surface area contributed by atoms with Gasteiger partial charge in [-0.1, -0.05) is 6.07 Å². The topological polar surface area (TPSA) is 66.9 Å². The molecule has 0 spiro atoms. The molecule has 2 N–H and O–H groups in total. The van der Waals surface area contributed by atoms with Crippen LogP contribution in [0.4, 0.5) is 0 Å². The molecular weight excluding hydrogens is 284 g/mol. The van der Waals surface area contributed by atoms with Gasteiger partial charge in [0.15, 0.2) is 5.01 Å². The van der Waals surface area contributed by atoms with Gasteiger partial charge in [-0.05, 0) is 25.3 Å². The molecule has 2 aromatic rings. The molecule has 2 aliphatic rings. The van der Waals surface area contributed by atoms with Gasteiger partial charge in [-0.15, -0.1) is 11.3 Å². The lowest BCUT2D eigenvalue weighted by molar-refractivity contribution is 0.0930. The highest BCUT2D eigenvalue weighted by molar-refractivity contribution is 7.16. The number of nitrogens with one attached hydrogen (secondary N) is 2. The summed E-state index contributed by atoms with van der Waals surface area (Å²) in [5, 5.41) is 7.17. The van der Waals surface area contributed by atoms with Crippen molar-refractivity contribution < 1.29 is 4.79 Å². The highest BCUT2D eigenvalue weighted by Gasteiger charge is 2.39. The molecule has 2 aromatic heterocycles. The molecule has 0 aromatic carbocycles. The monoisotopic (exact) mass is 300 g/mol. The summed E-state index contributed by atoms with van der Waals surface area (Å²) < 4.78 is 0. The molecule has 2 fully saturated rings. The van der Waals surface area contributed by atoms with Crippen LogP contribution in [0.5, 0.6) is 0 Å². The van der Waals surface area contributed by atoms with Crippen LogP contribution in [-0.2, 0) is 0 Å². The Bertz CT molecular complexity index is 657. The molecule has 0 radical (unpaired) electrons. The number of fused-ring (bicyclic) bond motifs is 2. The number of nitrogens with zero attached hydrogens (tertiary/aromatic N) is 2. The average molecular weight is 300 g/mol. The van der Waals surface area contributed by atoms with Gasteiger partial charge in [0.25, 0.3) is 5.91 Å². The van der Waals surface area contributed by atoms with Crippen molar-refractivity contribution in [3.05, 3.63) is 35.7 Å². The van der Waals surface area contributed by atoms with E-state index in [9.17, 15) is 4.79 Å². The average Bonchev–Trinajstić information content (AvgIpc) is 3.24. The number of pyridine rings is 1. The van der Waals surface area contributed by atoms with E-state index in [2.05, 4.69) is 20.6 Å². The van der Waals surface area contributed by atoms with Gasteiger partial charge in [-0.3, -0.25) is 9.78 Å². The summed E-state index contributed by atoms with van der Waals surface area (Å²) in [5.41, 5.74) is 0.996. The maximum absolute atomic E-state index is 12.3. The first kappa shape index (κ1) is 12.9. The first-order valence-electron chi connectivity index (χ1n) is 7.23. The molecule has 2 saturated heterocycles. The molecule has 108 valence electrons. The molecule has 1 amide bonds. The van der Waals surface area contributed by atoms with E-state index in [-0.39, 0.29) is 11.9 Å². The second kappa shape index (κ2) is 5.20. The van der Waals surface area contributed by atoms with Crippen molar-refractivity contribution in [1.29, 1.82) is 0 Å². The Morgan fingerprint density at radius 3 is 3.05 bits per heavy atom. The maximum atomic E-state index is 12.3. The van der Waals surface area contributed by atoms with E-state index in [0.29, 0.717) is 17.1 Å². The fourth-order valence-electron chi connectivity index (χ4n) is 3.23. The summed E-state index contributed by atoms with van der Waals surface area (Å²) >= 11 is 1.41.